The number of nitriles is 1. The molecule has 1 saturated heterocycles. The second-order valence-corrected chi connectivity index (χ2v) is 3.19. The van der Waals surface area contributed by atoms with Gasteiger partial charge in [-0.3, -0.25) is 0 Å². The van der Waals surface area contributed by atoms with Crippen molar-refractivity contribution in [3.8, 4) is 6.07 Å². The summed E-state index contributed by atoms with van der Waals surface area (Å²) in [7, 11) is 1.62. The Bertz CT molecular complexity index is 370. The summed E-state index contributed by atoms with van der Waals surface area (Å²) in [6.07, 6.45) is 0.311. The van der Waals surface area contributed by atoms with E-state index in [-0.39, 0.29) is 12.4 Å². The van der Waals surface area contributed by atoms with E-state index in [1.54, 1.807) is 7.11 Å². The van der Waals surface area contributed by atoms with Crippen LogP contribution in [0.4, 0.5) is 0 Å². The molecule has 1 heterocycles. The Balaban J connectivity index is 2.21. The molecule has 0 amide bonds. The number of epoxide rings is 1. The molecule has 0 N–H and O–H groups in total. The van der Waals surface area contributed by atoms with Gasteiger partial charge in [0.2, 0.25) is 0 Å². The molecule has 1 aliphatic rings. The van der Waals surface area contributed by atoms with Crippen LogP contribution >= 0.6 is 0 Å². The third-order valence-electron chi connectivity index (χ3n) is 2.31. The van der Waals surface area contributed by atoms with Gasteiger partial charge in [-0.2, -0.15) is 5.26 Å². The minimum absolute atomic E-state index is 0.0181. The zero-order valence-electron chi connectivity index (χ0n) is 7.93. The van der Waals surface area contributed by atoms with Crippen molar-refractivity contribution in [2.75, 3.05) is 7.11 Å². The summed E-state index contributed by atoms with van der Waals surface area (Å²) in [6, 6.07) is 9.96. The Morgan fingerprint density at radius 2 is 2.29 bits per heavy atom. The first-order chi connectivity index (χ1) is 6.86. The van der Waals surface area contributed by atoms with Crippen molar-refractivity contribution in [2.45, 2.75) is 18.8 Å². The Kier molecular flexibility index (Phi) is 2.49. The molecule has 1 fully saturated rings. The standard InChI is InChI=1S/C11H11NO2/c1-13-11-10(14-11)9-5-3-2-4-8(9)6-7-12/h2-5,10-11H,6H2,1H3. The average molecular weight is 189 g/mol. The van der Waals surface area contributed by atoms with E-state index >= 15 is 0 Å². The molecule has 1 aromatic carbocycles. The molecule has 3 nitrogen and oxygen atoms in total. The van der Waals surface area contributed by atoms with Crippen molar-refractivity contribution in [1.82, 2.24) is 0 Å². The maximum absolute atomic E-state index is 8.65. The van der Waals surface area contributed by atoms with Crippen LogP contribution in [0.5, 0.6) is 0 Å². The molecule has 3 heteroatoms. The minimum atomic E-state index is -0.130. The van der Waals surface area contributed by atoms with Crippen molar-refractivity contribution >= 4 is 0 Å². The van der Waals surface area contributed by atoms with Crippen LogP contribution in [0.1, 0.15) is 17.2 Å². The number of hydrogen-bond acceptors (Lipinski definition) is 3. The number of nitrogens with zero attached hydrogens (tertiary/aromatic N) is 1. The molecule has 0 saturated carbocycles. The van der Waals surface area contributed by atoms with E-state index in [1.807, 2.05) is 24.3 Å². The molecule has 0 bridgehead atoms. The fourth-order valence-corrected chi connectivity index (χ4v) is 1.56. The topological polar surface area (TPSA) is 45.5 Å². The van der Waals surface area contributed by atoms with Gasteiger partial charge in [-0.05, 0) is 11.1 Å². The lowest BCUT2D eigenvalue weighted by Gasteiger charge is -2.02. The second kappa shape index (κ2) is 3.79. The van der Waals surface area contributed by atoms with Crippen LogP contribution in [0.3, 0.4) is 0 Å². The van der Waals surface area contributed by atoms with Crippen LogP contribution < -0.4 is 0 Å². The third-order valence-corrected chi connectivity index (χ3v) is 2.31. The lowest BCUT2D eigenvalue weighted by atomic mass is 10.0. The molecule has 2 rings (SSSR count). The molecule has 72 valence electrons. The van der Waals surface area contributed by atoms with Crippen molar-refractivity contribution in [1.29, 1.82) is 5.26 Å². The molecule has 0 spiro atoms. The second-order valence-electron chi connectivity index (χ2n) is 3.19. The smallest absolute Gasteiger partial charge is 0.188 e. The first kappa shape index (κ1) is 9.20. The molecule has 0 aliphatic carbocycles. The molecule has 1 aromatic rings. The van der Waals surface area contributed by atoms with Gasteiger partial charge in [0.1, 0.15) is 6.10 Å². The summed E-state index contributed by atoms with van der Waals surface area (Å²) in [6.45, 7) is 0. The highest BCUT2D eigenvalue weighted by Gasteiger charge is 2.41. The van der Waals surface area contributed by atoms with Crippen LogP contribution in [0.15, 0.2) is 24.3 Å². The van der Waals surface area contributed by atoms with E-state index in [1.165, 1.54) is 0 Å². The van der Waals surface area contributed by atoms with Gasteiger partial charge in [-0.25, -0.2) is 0 Å². The zero-order chi connectivity index (χ0) is 9.97. The SMILES string of the molecule is COC1OC1c1ccccc1CC#N. The summed E-state index contributed by atoms with van der Waals surface area (Å²) in [5.41, 5.74) is 2.10. The Hall–Kier alpha value is -1.37. The van der Waals surface area contributed by atoms with E-state index in [0.717, 1.165) is 11.1 Å². The molecule has 0 aromatic heterocycles. The van der Waals surface area contributed by atoms with Gasteiger partial charge in [-0.15, -0.1) is 0 Å². The molecule has 1 aliphatic heterocycles. The number of rotatable bonds is 3. The summed E-state index contributed by atoms with van der Waals surface area (Å²) < 4.78 is 10.4. The molecule has 14 heavy (non-hydrogen) atoms. The molecule has 2 atom stereocenters. The van der Waals surface area contributed by atoms with Crippen molar-refractivity contribution in [3.63, 3.8) is 0 Å². The maximum Gasteiger partial charge on any atom is 0.188 e. The zero-order valence-corrected chi connectivity index (χ0v) is 7.93. The number of ether oxygens (including phenoxy) is 2. The highest BCUT2D eigenvalue weighted by molar-refractivity contribution is 5.33. The Morgan fingerprint density at radius 1 is 1.50 bits per heavy atom. The molecule has 2 unspecified atom stereocenters. The normalized spacial score (nSPS) is 24.3. The first-order valence-corrected chi connectivity index (χ1v) is 4.50. The highest BCUT2D eigenvalue weighted by Crippen LogP contribution is 2.40. The molecular weight excluding hydrogens is 178 g/mol. The van der Waals surface area contributed by atoms with Crippen LogP contribution in [-0.2, 0) is 15.9 Å². The van der Waals surface area contributed by atoms with E-state index in [9.17, 15) is 0 Å². The van der Waals surface area contributed by atoms with E-state index < -0.39 is 0 Å². The summed E-state index contributed by atoms with van der Waals surface area (Å²) >= 11 is 0. The van der Waals surface area contributed by atoms with Gasteiger partial charge in [0, 0.05) is 7.11 Å². The van der Waals surface area contributed by atoms with E-state index in [4.69, 9.17) is 14.7 Å². The van der Waals surface area contributed by atoms with Gasteiger partial charge < -0.3 is 9.47 Å². The van der Waals surface area contributed by atoms with Crippen LogP contribution in [0.2, 0.25) is 0 Å². The average Bonchev–Trinajstić information content (AvgIpc) is 2.98. The lowest BCUT2D eigenvalue weighted by molar-refractivity contribution is 0.0950. The Labute approximate surface area is 82.9 Å². The summed E-state index contributed by atoms with van der Waals surface area (Å²) in [4.78, 5) is 0. The number of benzene rings is 1. The van der Waals surface area contributed by atoms with Crippen LogP contribution in [-0.4, -0.2) is 13.4 Å². The summed E-state index contributed by atoms with van der Waals surface area (Å²) in [5.74, 6) is 0. The van der Waals surface area contributed by atoms with Gasteiger partial charge in [0.05, 0.1) is 12.5 Å². The Morgan fingerprint density at radius 3 is 2.93 bits per heavy atom. The lowest BCUT2D eigenvalue weighted by Crippen LogP contribution is -1.95. The fraction of sp³-hybridized carbons (Fsp3) is 0.364. The molecule has 0 radical (unpaired) electrons. The summed E-state index contributed by atoms with van der Waals surface area (Å²) in [5, 5.41) is 8.65. The van der Waals surface area contributed by atoms with Gasteiger partial charge in [0.15, 0.2) is 6.29 Å². The quantitative estimate of drug-likeness (QED) is 0.681. The van der Waals surface area contributed by atoms with Crippen LogP contribution in [0, 0.1) is 11.3 Å². The largest absolute Gasteiger partial charge is 0.353 e. The van der Waals surface area contributed by atoms with Gasteiger partial charge in [-0.1, -0.05) is 24.3 Å². The van der Waals surface area contributed by atoms with Gasteiger partial charge in [0.25, 0.3) is 0 Å². The van der Waals surface area contributed by atoms with Crippen molar-refractivity contribution < 1.29 is 9.47 Å². The van der Waals surface area contributed by atoms with Crippen molar-refractivity contribution in [2.24, 2.45) is 0 Å². The number of hydrogen-bond donors (Lipinski definition) is 0. The predicted molar refractivity (Wildman–Crippen MR) is 50.4 cm³/mol. The van der Waals surface area contributed by atoms with Crippen LogP contribution in [0.25, 0.3) is 0 Å². The first-order valence-electron chi connectivity index (χ1n) is 4.50. The van der Waals surface area contributed by atoms with Crippen molar-refractivity contribution in [3.05, 3.63) is 35.4 Å². The predicted octanol–water partition coefficient (Wildman–Crippen LogP) is 1.80. The third kappa shape index (κ3) is 1.63. The highest BCUT2D eigenvalue weighted by atomic mass is 16.8. The number of methoxy groups -OCH3 is 1. The van der Waals surface area contributed by atoms with E-state index in [0.29, 0.717) is 6.42 Å². The monoisotopic (exact) mass is 189 g/mol. The van der Waals surface area contributed by atoms with E-state index in [2.05, 4.69) is 6.07 Å². The maximum atomic E-state index is 8.65. The fourth-order valence-electron chi connectivity index (χ4n) is 1.56. The minimum Gasteiger partial charge on any atom is -0.353 e. The molecular formula is C11H11NO2. The van der Waals surface area contributed by atoms with Gasteiger partial charge >= 0.3 is 0 Å².